The van der Waals surface area contributed by atoms with E-state index in [9.17, 15) is 13.2 Å². The number of piperidine rings is 1. The molecule has 1 aliphatic rings. The van der Waals surface area contributed by atoms with Gasteiger partial charge < -0.3 is 19.3 Å². The Morgan fingerprint density at radius 3 is 2.18 bits per heavy atom. The van der Waals surface area contributed by atoms with Gasteiger partial charge in [0.05, 0.1) is 23.4 Å². The Balaban J connectivity index is 1.48. The van der Waals surface area contributed by atoms with Crippen molar-refractivity contribution in [2.45, 2.75) is 57.6 Å². The third kappa shape index (κ3) is 7.88. The molecule has 0 atom stereocenters. The van der Waals surface area contributed by atoms with Crippen LogP contribution in [-0.4, -0.2) is 60.4 Å². The first kappa shape index (κ1) is 35.6. The van der Waals surface area contributed by atoms with Crippen LogP contribution < -0.4 is 9.64 Å². The summed E-state index contributed by atoms with van der Waals surface area (Å²) in [5.41, 5.74) is 2.76. The van der Waals surface area contributed by atoms with Crippen molar-refractivity contribution < 1.29 is 22.7 Å². The van der Waals surface area contributed by atoms with Gasteiger partial charge in [0.25, 0.3) is 10.0 Å². The number of carbonyl (C=O) groups excluding carboxylic acids is 1. The second kappa shape index (κ2) is 14.5. The summed E-state index contributed by atoms with van der Waals surface area (Å²) in [5.74, 6) is 0.973. The number of likely N-dealkylation sites (tertiary alicyclic amines) is 1. The van der Waals surface area contributed by atoms with Crippen LogP contribution in [0, 0.1) is 0 Å². The summed E-state index contributed by atoms with van der Waals surface area (Å²) in [5, 5.41) is 6.38. The molecule has 2 heterocycles. The lowest BCUT2D eigenvalue weighted by Crippen LogP contribution is -2.48. The number of hydrogen-bond donors (Lipinski definition) is 0. The predicted octanol–water partition coefficient (Wildman–Crippen LogP) is 8.80. The Bertz CT molecular complexity index is 2090. The lowest BCUT2D eigenvalue weighted by Gasteiger charge is -2.39. The number of carbonyl (C=O) groups is 1. The predicted molar refractivity (Wildman–Crippen MR) is 200 cm³/mol. The largest absolute Gasteiger partial charge is 0.497 e. The first-order valence-electron chi connectivity index (χ1n) is 16.4. The average Bonchev–Trinajstić information content (AvgIpc) is 3.46. The molecule has 5 aromatic rings. The van der Waals surface area contributed by atoms with Crippen LogP contribution in [0.1, 0.15) is 44.7 Å². The molecule has 12 heteroatoms. The van der Waals surface area contributed by atoms with Crippen LogP contribution in [-0.2, 0) is 27.1 Å². The van der Waals surface area contributed by atoms with E-state index < -0.39 is 15.6 Å². The Hall–Kier alpha value is -4.25. The molecule has 9 nitrogen and oxygen atoms in total. The number of amides is 1. The number of hydrogen-bond acceptors (Lipinski definition) is 7. The molecular formula is C38H40Cl2N4O5S. The number of methoxy groups -OCH3 is 1. The van der Waals surface area contributed by atoms with E-state index in [1.54, 1.807) is 36.3 Å². The van der Waals surface area contributed by atoms with E-state index in [0.29, 0.717) is 70.4 Å². The van der Waals surface area contributed by atoms with Crippen LogP contribution in [0.15, 0.2) is 91.0 Å². The quantitative estimate of drug-likeness (QED) is 0.149. The van der Waals surface area contributed by atoms with Crippen molar-refractivity contribution in [3.8, 4) is 16.9 Å². The first-order valence-corrected chi connectivity index (χ1v) is 18.8. The molecule has 1 amide bonds. The van der Waals surface area contributed by atoms with Crippen LogP contribution >= 0.6 is 23.2 Å². The first-order chi connectivity index (χ1) is 23.8. The van der Waals surface area contributed by atoms with Crippen molar-refractivity contribution in [2.75, 3.05) is 25.1 Å². The van der Waals surface area contributed by atoms with Crippen molar-refractivity contribution in [1.82, 2.24) is 14.1 Å². The fourth-order valence-corrected chi connectivity index (χ4v) is 8.13. The SMILES string of the molecule is COc1ccc(CN(c2nn(S(=O)(=O)Cc3ccccc3)c3cc(Cl)c(-c4ccccc4Cl)cc23)C2CCN(C(=O)OC(C)(C)C)CC2)cc1. The highest BCUT2D eigenvalue weighted by molar-refractivity contribution is 7.89. The third-order valence-corrected chi connectivity index (χ3v) is 10.8. The summed E-state index contributed by atoms with van der Waals surface area (Å²) in [6.45, 7) is 6.93. The molecule has 0 aliphatic carbocycles. The minimum Gasteiger partial charge on any atom is -0.497 e. The number of anilines is 1. The van der Waals surface area contributed by atoms with Crippen molar-refractivity contribution >= 4 is 56.0 Å². The van der Waals surface area contributed by atoms with Crippen LogP contribution in [0.3, 0.4) is 0 Å². The Kier molecular flexibility index (Phi) is 10.3. The van der Waals surface area contributed by atoms with Crippen molar-refractivity contribution in [3.63, 3.8) is 0 Å². The fraction of sp³-hybridized carbons (Fsp3) is 0.316. The highest BCUT2D eigenvalue weighted by Gasteiger charge is 2.33. The van der Waals surface area contributed by atoms with Gasteiger partial charge in [-0.1, -0.05) is 83.9 Å². The molecule has 1 fully saturated rings. The maximum absolute atomic E-state index is 14.2. The van der Waals surface area contributed by atoms with E-state index in [0.717, 1.165) is 21.0 Å². The molecule has 0 N–H and O–H groups in total. The Morgan fingerprint density at radius 2 is 1.54 bits per heavy atom. The second-order valence-electron chi connectivity index (χ2n) is 13.4. The number of ether oxygens (including phenoxy) is 2. The van der Waals surface area contributed by atoms with E-state index >= 15 is 0 Å². The molecular weight excluding hydrogens is 695 g/mol. The maximum Gasteiger partial charge on any atom is 0.410 e. The number of benzene rings is 4. The van der Waals surface area contributed by atoms with E-state index in [1.165, 1.54) is 0 Å². The summed E-state index contributed by atoms with van der Waals surface area (Å²) in [6.07, 6.45) is 0.884. The average molecular weight is 736 g/mol. The van der Waals surface area contributed by atoms with E-state index in [4.69, 9.17) is 37.8 Å². The topological polar surface area (TPSA) is 94.0 Å². The van der Waals surface area contributed by atoms with Crippen LogP contribution in [0.4, 0.5) is 10.6 Å². The van der Waals surface area contributed by atoms with Gasteiger partial charge in [-0.3, -0.25) is 0 Å². The monoisotopic (exact) mass is 734 g/mol. The molecule has 0 unspecified atom stereocenters. The fourth-order valence-electron chi connectivity index (χ4n) is 6.24. The molecule has 1 saturated heterocycles. The van der Waals surface area contributed by atoms with Gasteiger partial charge in [0.2, 0.25) is 0 Å². The normalized spacial score (nSPS) is 14.2. The standard InChI is InChI=1S/C38H40Cl2N4O5S/c1-38(2,3)49-37(45)42-20-18-28(19-21-42)43(24-26-14-16-29(48-4)17-15-26)36-32-22-31(30-12-8-9-13-33(30)39)34(40)23-35(32)44(41-36)50(46,47)25-27-10-6-5-7-11-27/h5-17,22-23,28H,18-21,24-25H2,1-4H3. The molecule has 0 spiro atoms. The van der Waals surface area contributed by atoms with Gasteiger partial charge in [0.15, 0.2) is 5.82 Å². The highest BCUT2D eigenvalue weighted by atomic mass is 35.5. The summed E-state index contributed by atoms with van der Waals surface area (Å²) < 4.78 is 40.5. The van der Waals surface area contributed by atoms with Gasteiger partial charge in [0, 0.05) is 47.2 Å². The van der Waals surface area contributed by atoms with Crippen molar-refractivity contribution in [3.05, 3.63) is 112 Å². The van der Waals surface area contributed by atoms with Gasteiger partial charge in [-0.05, 0) is 75.1 Å². The number of halogens is 2. The number of rotatable bonds is 9. The van der Waals surface area contributed by atoms with Gasteiger partial charge in [-0.2, -0.15) is 4.09 Å². The summed E-state index contributed by atoms with van der Waals surface area (Å²) in [4.78, 5) is 16.8. The summed E-state index contributed by atoms with van der Waals surface area (Å²) in [6, 6.07) is 27.6. The van der Waals surface area contributed by atoms with Crippen molar-refractivity contribution in [1.29, 1.82) is 0 Å². The number of aromatic nitrogens is 2. The molecule has 1 aliphatic heterocycles. The molecule has 6 rings (SSSR count). The molecule has 50 heavy (non-hydrogen) atoms. The molecule has 0 saturated carbocycles. The van der Waals surface area contributed by atoms with E-state index in [-0.39, 0.29) is 17.9 Å². The lowest BCUT2D eigenvalue weighted by molar-refractivity contribution is 0.0204. The van der Waals surface area contributed by atoms with Gasteiger partial charge in [-0.25, -0.2) is 13.2 Å². The van der Waals surface area contributed by atoms with Gasteiger partial charge in [0.1, 0.15) is 11.4 Å². The zero-order chi connectivity index (χ0) is 35.6. The van der Waals surface area contributed by atoms with E-state index in [1.807, 2.05) is 87.5 Å². The lowest BCUT2D eigenvalue weighted by atomic mass is 10.0. The second-order valence-corrected chi connectivity index (χ2v) is 16.0. The minimum atomic E-state index is -4.00. The number of fused-ring (bicyclic) bond motifs is 1. The molecule has 262 valence electrons. The van der Waals surface area contributed by atoms with Crippen LogP contribution in [0.25, 0.3) is 22.0 Å². The zero-order valence-corrected chi connectivity index (χ0v) is 30.8. The van der Waals surface area contributed by atoms with Crippen LogP contribution in [0.2, 0.25) is 10.0 Å². The summed E-state index contributed by atoms with van der Waals surface area (Å²) in [7, 11) is -2.38. The van der Waals surface area contributed by atoms with Crippen molar-refractivity contribution in [2.24, 2.45) is 0 Å². The Labute approximate surface area is 303 Å². The highest BCUT2D eigenvalue weighted by Crippen LogP contribution is 2.41. The minimum absolute atomic E-state index is 0.0846. The van der Waals surface area contributed by atoms with Gasteiger partial charge >= 0.3 is 6.09 Å². The molecule has 1 aromatic heterocycles. The molecule has 4 aromatic carbocycles. The zero-order valence-electron chi connectivity index (χ0n) is 28.5. The van der Waals surface area contributed by atoms with Gasteiger partial charge in [-0.15, -0.1) is 5.10 Å². The summed E-state index contributed by atoms with van der Waals surface area (Å²) >= 11 is 13.6. The Morgan fingerprint density at radius 1 is 0.880 bits per heavy atom. The third-order valence-electron chi connectivity index (χ3n) is 8.68. The van der Waals surface area contributed by atoms with E-state index in [2.05, 4.69) is 4.90 Å². The maximum atomic E-state index is 14.2. The van der Waals surface area contributed by atoms with Crippen LogP contribution in [0.5, 0.6) is 5.75 Å². The number of nitrogens with zero attached hydrogens (tertiary/aromatic N) is 4. The molecule has 0 bridgehead atoms. The molecule has 0 radical (unpaired) electrons. The smallest absolute Gasteiger partial charge is 0.410 e.